The predicted octanol–water partition coefficient (Wildman–Crippen LogP) is 3.04. The Morgan fingerprint density at radius 2 is 2.28 bits per heavy atom. The average Bonchev–Trinajstić information content (AvgIpc) is 2.37. The second kappa shape index (κ2) is 6.19. The summed E-state index contributed by atoms with van der Waals surface area (Å²) in [6, 6.07) is 7.52. The molecule has 0 radical (unpaired) electrons. The first-order chi connectivity index (χ1) is 8.70. The molecule has 0 aromatic heterocycles. The topological polar surface area (TPSA) is 15.3 Å². The molecule has 1 fully saturated rings. The summed E-state index contributed by atoms with van der Waals surface area (Å²) in [5.74, 6) is 0.458. The van der Waals surface area contributed by atoms with E-state index in [2.05, 4.69) is 24.1 Å². The van der Waals surface area contributed by atoms with Gasteiger partial charge in [-0.15, -0.1) is 0 Å². The summed E-state index contributed by atoms with van der Waals surface area (Å²) in [6.45, 7) is 7.58. The van der Waals surface area contributed by atoms with Crippen LogP contribution in [-0.2, 0) is 0 Å². The van der Waals surface area contributed by atoms with Crippen molar-refractivity contribution in [2.75, 3.05) is 24.5 Å². The summed E-state index contributed by atoms with van der Waals surface area (Å²) in [5.41, 5.74) is 1.01. The van der Waals surface area contributed by atoms with E-state index in [9.17, 15) is 4.39 Å². The molecule has 2 atom stereocenters. The highest BCUT2D eigenvalue weighted by Crippen LogP contribution is 2.23. The maximum absolute atomic E-state index is 13.2. The number of halogens is 1. The number of rotatable bonds is 4. The van der Waals surface area contributed by atoms with Crippen LogP contribution < -0.4 is 10.2 Å². The van der Waals surface area contributed by atoms with Gasteiger partial charge in [0.25, 0.3) is 0 Å². The zero-order chi connectivity index (χ0) is 13.0. The quantitative estimate of drug-likeness (QED) is 0.883. The molecular formula is C15H23FN2. The first kappa shape index (κ1) is 13.3. The van der Waals surface area contributed by atoms with Gasteiger partial charge in [-0.25, -0.2) is 4.39 Å². The van der Waals surface area contributed by atoms with Crippen LogP contribution in [0.25, 0.3) is 0 Å². The molecule has 0 aliphatic carbocycles. The molecule has 0 saturated carbocycles. The Bertz CT molecular complexity index is 381. The van der Waals surface area contributed by atoms with Crippen LogP contribution in [0.2, 0.25) is 0 Å². The summed E-state index contributed by atoms with van der Waals surface area (Å²) in [5, 5.41) is 3.60. The fraction of sp³-hybridized carbons (Fsp3) is 0.600. The third-order valence-electron chi connectivity index (χ3n) is 3.74. The minimum Gasteiger partial charge on any atom is -0.371 e. The highest BCUT2D eigenvalue weighted by molar-refractivity contribution is 5.47. The van der Waals surface area contributed by atoms with Gasteiger partial charge in [0.05, 0.1) is 0 Å². The van der Waals surface area contributed by atoms with E-state index >= 15 is 0 Å². The fourth-order valence-corrected chi connectivity index (χ4v) is 2.69. The fourth-order valence-electron chi connectivity index (χ4n) is 2.69. The third kappa shape index (κ3) is 3.22. The summed E-state index contributed by atoms with van der Waals surface area (Å²) >= 11 is 0. The Kier molecular flexibility index (Phi) is 4.59. The highest BCUT2D eigenvalue weighted by atomic mass is 19.1. The van der Waals surface area contributed by atoms with E-state index in [1.807, 2.05) is 6.07 Å². The normalized spacial score (nSPS) is 24.3. The zero-order valence-electron chi connectivity index (χ0n) is 11.3. The molecule has 1 N–H and O–H groups in total. The van der Waals surface area contributed by atoms with Crippen molar-refractivity contribution in [1.82, 2.24) is 5.32 Å². The van der Waals surface area contributed by atoms with Crippen LogP contribution in [0.1, 0.15) is 26.7 Å². The van der Waals surface area contributed by atoms with Crippen LogP contribution in [0.3, 0.4) is 0 Å². The molecule has 100 valence electrons. The number of hydrogen-bond acceptors (Lipinski definition) is 2. The minimum absolute atomic E-state index is 0.147. The summed E-state index contributed by atoms with van der Waals surface area (Å²) < 4.78 is 13.2. The highest BCUT2D eigenvalue weighted by Gasteiger charge is 2.25. The molecule has 1 aliphatic rings. The summed E-state index contributed by atoms with van der Waals surface area (Å²) in [6.07, 6.45) is 2.31. The maximum Gasteiger partial charge on any atom is 0.125 e. The van der Waals surface area contributed by atoms with E-state index in [0.29, 0.717) is 12.0 Å². The third-order valence-corrected chi connectivity index (χ3v) is 3.74. The monoisotopic (exact) mass is 250 g/mol. The van der Waals surface area contributed by atoms with E-state index < -0.39 is 0 Å². The smallest absolute Gasteiger partial charge is 0.125 e. The molecule has 3 heteroatoms. The lowest BCUT2D eigenvalue weighted by Crippen LogP contribution is -2.48. The number of nitrogens with zero attached hydrogens (tertiary/aromatic N) is 1. The number of nitrogens with one attached hydrogen (secondary N) is 1. The van der Waals surface area contributed by atoms with Gasteiger partial charge in [0.1, 0.15) is 5.82 Å². The van der Waals surface area contributed by atoms with E-state index in [1.54, 1.807) is 12.1 Å². The maximum atomic E-state index is 13.2. The van der Waals surface area contributed by atoms with Crippen LogP contribution in [0, 0.1) is 11.7 Å². The van der Waals surface area contributed by atoms with Crippen LogP contribution >= 0.6 is 0 Å². The molecule has 1 heterocycles. The van der Waals surface area contributed by atoms with E-state index in [1.165, 1.54) is 12.5 Å². The van der Waals surface area contributed by atoms with Crippen LogP contribution in [0.4, 0.5) is 10.1 Å². The van der Waals surface area contributed by atoms with Gasteiger partial charge >= 0.3 is 0 Å². The van der Waals surface area contributed by atoms with Crippen molar-refractivity contribution in [3.63, 3.8) is 0 Å². The second-order valence-electron chi connectivity index (χ2n) is 5.25. The Morgan fingerprint density at radius 3 is 2.94 bits per heavy atom. The summed E-state index contributed by atoms with van der Waals surface area (Å²) in [4.78, 5) is 2.29. The number of hydrogen-bond donors (Lipinski definition) is 1. The Morgan fingerprint density at radius 1 is 1.44 bits per heavy atom. The molecule has 2 unspecified atom stereocenters. The molecule has 0 spiro atoms. The molecule has 2 nitrogen and oxygen atoms in total. The number of anilines is 1. The van der Waals surface area contributed by atoms with E-state index in [4.69, 9.17) is 0 Å². The van der Waals surface area contributed by atoms with Crippen LogP contribution in [0.15, 0.2) is 24.3 Å². The van der Waals surface area contributed by atoms with Gasteiger partial charge in [0.2, 0.25) is 0 Å². The van der Waals surface area contributed by atoms with Gasteiger partial charge < -0.3 is 10.2 Å². The SMILES string of the molecule is CCCNC1CCN(c2cccc(F)c2)CC1C. The van der Waals surface area contributed by atoms with E-state index in [0.717, 1.165) is 31.7 Å². The van der Waals surface area contributed by atoms with Gasteiger partial charge in [0.15, 0.2) is 0 Å². The van der Waals surface area contributed by atoms with Gasteiger partial charge in [-0.1, -0.05) is 19.9 Å². The van der Waals surface area contributed by atoms with E-state index in [-0.39, 0.29) is 5.82 Å². The lowest BCUT2D eigenvalue weighted by molar-refractivity contribution is 0.322. The minimum atomic E-state index is -0.147. The van der Waals surface area contributed by atoms with Gasteiger partial charge in [0, 0.05) is 24.8 Å². The first-order valence-electron chi connectivity index (χ1n) is 6.94. The molecule has 0 amide bonds. The van der Waals surface area contributed by atoms with Crippen molar-refractivity contribution in [2.45, 2.75) is 32.7 Å². The summed E-state index contributed by atoms with van der Waals surface area (Å²) in [7, 11) is 0. The number of piperidine rings is 1. The van der Waals surface area contributed by atoms with Gasteiger partial charge in [-0.3, -0.25) is 0 Å². The van der Waals surface area contributed by atoms with Crippen molar-refractivity contribution >= 4 is 5.69 Å². The molecular weight excluding hydrogens is 227 g/mol. The molecule has 0 bridgehead atoms. The van der Waals surface area contributed by atoms with Crippen LogP contribution in [0.5, 0.6) is 0 Å². The average molecular weight is 250 g/mol. The lowest BCUT2D eigenvalue weighted by atomic mass is 9.93. The molecule has 2 rings (SSSR count). The predicted molar refractivity (Wildman–Crippen MR) is 74.5 cm³/mol. The first-order valence-corrected chi connectivity index (χ1v) is 6.94. The standard InChI is InChI=1S/C15H23FN2/c1-3-8-17-15-7-9-18(11-12(15)2)14-6-4-5-13(16)10-14/h4-6,10,12,15,17H,3,7-9,11H2,1-2H3. The Labute approximate surface area is 109 Å². The largest absolute Gasteiger partial charge is 0.371 e. The second-order valence-corrected chi connectivity index (χ2v) is 5.25. The lowest BCUT2D eigenvalue weighted by Gasteiger charge is -2.38. The Balaban J connectivity index is 1.95. The van der Waals surface area contributed by atoms with Crippen molar-refractivity contribution < 1.29 is 4.39 Å². The van der Waals surface area contributed by atoms with Crippen LogP contribution in [-0.4, -0.2) is 25.7 Å². The van der Waals surface area contributed by atoms with Crippen molar-refractivity contribution in [1.29, 1.82) is 0 Å². The van der Waals surface area contributed by atoms with Crippen molar-refractivity contribution in [2.24, 2.45) is 5.92 Å². The molecule has 1 aliphatic heterocycles. The zero-order valence-corrected chi connectivity index (χ0v) is 11.3. The molecule has 1 saturated heterocycles. The van der Waals surface area contributed by atoms with Gasteiger partial charge in [-0.05, 0) is 43.5 Å². The van der Waals surface area contributed by atoms with Crippen molar-refractivity contribution in [3.8, 4) is 0 Å². The molecule has 1 aromatic carbocycles. The molecule has 1 aromatic rings. The Hall–Kier alpha value is -1.09. The van der Waals surface area contributed by atoms with Gasteiger partial charge in [-0.2, -0.15) is 0 Å². The van der Waals surface area contributed by atoms with Crippen molar-refractivity contribution in [3.05, 3.63) is 30.1 Å². The number of benzene rings is 1. The molecule has 18 heavy (non-hydrogen) atoms.